The summed E-state index contributed by atoms with van der Waals surface area (Å²) in [5.41, 5.74) is 2.09. The Morgan fingerprint density at radius 3 is 2.95 bits per heavy atom. The Morgan fingerprint density at radius 1 is 1.33 bits per heavy atom. The molecule has 0 fully saturated rings. The lowest BCUT2D eigenvalue weighted by atomic mass is 10.2. The van der Waals surface area contributed by atoms with Crippen molar-refractivity contribution in [3.05, 3.63) is 46.7 Å². The highest BCUT2D eigenvalue weighted by atomic mass is 35.5. The minimum Gasteiger partial charge on any atom is -0.383 e. The van der Waals surface area contributed by atoms with E-state index in [-0.39, 0.29) is 0 Å². The topological polar surface area (TPSA) is 47.0 Å². The van der Waals surface area contributed by atoms with E-state index in [1.807, 2.05) is 31.2 Å². The van der Waals surface area contributed by atoms with E-state index in [1.165, 1.54) is 0 Å². The zero-order valence-electron chi connectivity index (χ0n) is 12.1. The molecule has 0 spiro atoms. The second kappa shape index (κ2) is 8.34. The molecular formula is C15H18ClN3OS. The van der Waals surface area contributed by atoms with Gasteiger partial charge in [-0.3, -0.25) is 0 Å². The van der Waals surface area contributed by atoms with Gasteiger partial charge in [0.25, 0.3) is 0 Å². The zero-order chi connectivity index (χ0) is 15.1. The zero-order valence-corrected chi connectivity index (χ0v) is 13.7. The van der Waals surface area contributed by atoms with Crippen LogP contribution in [0.25, 0.3) is 0 Å². The van der Waals surface area contributed by atoms with E-state index in [4.69, 9.17) is 16.3 Å². The first-order valence-electron chi connectivity index (χ1n) is 6.64. The number of methoxy groups -OCH3 is 1. The van der Waals surface area contributed by atoms with Gasteiger partial charge >= 0.3 is 0 Å². The first-order chi connectivity index (χ1) is 10.2. The van der Waals surface area contributed by atoms with Gasteiger partial charge in [0.05, 0.1) is 6.61 Å². The number of benzene rings is 1. The number of rotatable bonds is 7. The molecule has 4 nitrogen and oxygen atoms in total. The van der Waals surface area contributed by atoms with E-state index in [9.17, 15) is 0 Å². The first-order valence-corrected chi connectivity index (χ1v) is 7.84. The summed E-state index contributed by atoms with van der Waals surface area (Å²) in [5, 5.41) is 4.81. The summed E-state index contributed by atoms with van der Waals surface area (Å²) in [6.07, 6.45) is 1.77. The van der Waals surface area contributed by atoms with E-state index in [1.54, 1.807) is 25.1 Å². The number of nitrogens with one attached hydrogen (secondary N) is 1. The van der Waals surface area contributed by atoms with Crippen molar-refractivity contribution in [3.8, 4) is 0 Å². The Morgan fingerprint density at radius 2 is 2.19 bits per heavy atom. The van der Waals surface area contributed by atoms with Crippen molar-refractivity contribution in [3.63, 3.8) is 0 Å². The van der Waals surface area contributed by atoms with Gasteiger partial charge in [0.15, 0.2) is 5.16 Å². The lowest BCUT2D eigenvalue weighted by Crippen LogP contribution is -2.18. The van der Waals surface area contributed by atoms with Crippen molar-refractivity contribution in [2.75, 3.05) is 20.3 Å². The van der Waals surface area contributed by atoms with Crippen LogP contribution in [0.4, 0.5) is 0 Å². The standard InChI is InChI=1S/C15H18ClN3OS/c1-11-5-6-18-15(19-11)21-14-4-3-13(16)9-12(14)10-17-7-8-20-2/h3-6,9,17H,7-8,10H2,1-2H3. The van der Waals surface area contributed by atoms with Crippen LogP contribution in [0.3, 0.4) is 0 Å². The van der Waals surface area contributed by atoms with Gasteiger partial charge in [-0.2, -0.15) is 0 Å². The summed E-state index contributed by atoms with van der Waals surface area (Å²) < 4.78 is 5.03. The lowest BCUT2D eigenvalue weighted by molar-refractivity contribution is 0.199. The minimum atomic E-state index is 0.685. The average Bonchev–Trinajstić information content (AvgIpc) is 2.46. The van der Waals surface area contributed by atoms with Crippen LogP contribution in [-0.2, 0) is 11.3 Å². The maximum Gasteiger partial charge on any atom is 0.192 e. The molecule has 0 radical (unpaired) electrons. The van der Waals surface area contributed by atoms with E-state index in [0.717, 1.165) is 39.4 Å². The summed E-state index contributed by atoms with van der Waals surface area (Å²) >= 11 is 7.64. The Hall–Kier alpha value is -1.14. The van der Waals surface area contributed by atoms with Gasteiger partial charge < -0.3 is 10.1 Å². The number of halogens is 1. The summed E-state index contributed by atoms with van der Waals surface area (Å²) in [4.78, 5) is 9.81. The Balaban J connectivity index is 2.10. The third kappa shape index (κ3) is 5.28. The maximum atomic E-state index is 6.09. The van der Waals surface area contributed by atoms with Crippen LogP contribution >= 0.6 is 23.4 Å². The van der Waals surface area contributed by atoms with Crippen molar-refractivity contribution in [1.29, 1.82) is 0 Å². The molecule has 21 heavy (non-hydrogen) atoms. The van der Waals surface area contributed by atoms with Crippen LogP contribution in [0.2, 0.25) is 5.02 Å². The summed E-state index contributed by atoms with van der Waals surface area (Å²) in [5.74, 6) is 0. The highest BCUT2D eigenvalue weighted by Gasteiger charge is 2.07. The summed E-state index contributed by atoms with van der Waals surface area (Å²) in [6.45, 7) is 4.18. The predicted molar refractivity (Wildman–Crippen MR) is 85.9 cm³/mol. The molecular weight excluding hydrogens is 306 g/mol. The maximum absolute atomic E-state index is 6.09. The second-order valence-electron chi connectivity index (χ2n) is 4.50. The second-order valence-corrected chi connectivity index (χ2v) is 5.95. The predicted octanol–water partition coefficient (Wildman–Crippen LogP) is 3.33. The molecule has 0 saturated heterocycles. The van der Waals surface area contributed by atoms with Crippen LogP contribution < -0.4 is 5.32 Å². The largest absolute Gasteiger partial charge is 0.383 e. The first kappa shape index (κ1) is 16.2. The molecule has 1 heterocycles. The van der Waals surface area contributed by atoms with Gasteiger partial charge in [0.1, 0.15) is 0 Å². The molecule has 0 bridgehead atoms. The van der Waals surface area contributed by atoms with E-state index in [0.29, 0.717) is 6.61 Å². The summed E-state index contributed by atoms with van der Waals surface area (Å²) in [6, 6.07) is 7.75. The molecule has 0 amide bonds. The molecule has 0 unspecified atom stereocenters. The Bertz CT molecular complexity index is 595. The van der Waals surface area contributed by atoms with Crippen molar-refractivity contribution < 1.29 is 4.74 Å². The quantitative estimate of drug-likeness (QED) is 0.625. The van der Waals surface area contributed by atoms with Crippen LogP contribution in [0, 0.1) is 6.92 Å². The van der Waals surface area contributed by atoms with E-state index in [2.05, 4.69) is 15.3 Å². The number of hydrogen-bond donors (Lipinski definition) is 1. The molecule has 0 saturated carbocycles. The normalized spacial score (nSPS) is 10.8. The third-order valence-corrected chi connectivity index (χ3v) is 4.03. The minimum absolute atomic E-state index is 0.685. The molecule has 0 aliphatic carbocycles. The molecule has 1 aromatic heterocycles. The highest BCUT2D eigenvalue weighted by Crippen LogP contribution is 2.29. The molecule has 0 atom stereocenters. The van der Waals surface area contributed by atoms with E-state index >= 15 is 0 Å². The third-order valence-electron chi connectivity index (χ3n) is 2.79. The van der Waals surface area contributed by atoms with Gasteiger partial charge in [-0.25, -0.2) is 9.97 Å². The van der Waals surface area contributed by atoms with Gasteiger partial charge in [-0.05, 0) is 48.5 Å². The fourth-order valence-corrected chi connectivity index (χ4v) is 2.85. The SMILES string of the molecule is COCCNCc1cc(Cl)ccc1Sc1nccc(C)n1. The Kier molecular flexibility index (Phi) is 6.45. The number of ether oxygens (including phenoxy) is 1. The monoisotopic (exact) mass is 323 g/mol. The lowest BCUT2D eigenvalue weighted by Gasteiger charge is -2.10. The Labute approximate surface area is 134 Å². The van der Waals surface area contributed by atoms with Crippen LogP contribution in [-0.4, -0.2) is 30.2 Å². The van der Waals surface area contributed by atoms with Crippen molar-refractivity contribution >= 4 is 23.4 Å². The van der Waals surface area contributed by atoms with Gasteiger partial charge in [-0.15, -0.1) is 0 Å². The van der Waals surface area contributed by atoms with Gasteiger partial charge in [-0.1, -0.05) is 11.6 Å². The number of aromatic nitrogens is 2. The molecule has 1 N–H and O–H groups in total. The smallest absolute Gasteiger partial charge is 0.192 e. The van der Waals surface area contributed by atoms with Crippen molar-refractivity contribution in [2.24, 2.45) is 0 Å². The summed E-state index contributed by atoms with van der Waals surface area (Å²) in [7, 11) is 1.69. The average molecular weight is 324 g/mol. The van der Waals surface area contributed by atoms with E-state index < -0.39 is 0 Å². The van der Waals surface area contributed by atoms with Crippen molar-refractivity contribution in [2.45, 2.75) is 23.5 Å². The molecule has 0 aliphatic heterocycles. The number of nitrogens with zero attached hydrogens (tertiary/aromatic N) is 2. The molecule has 2 rings (SSSR count). The van der Waals surface area contributed by atoms with Crippen molar-refractivity contribution in [1.82, 2.24) is 15.3 Å². The number of hydrogen-bond acceptors (Lipinski definition) is 5. The van der Waals surface area contributed by atoms with Crippen LogP contribution in [0.15, 0.2) is 40.5 Å². The molecule has 6 heteroatoms. The highest BCUT2D eigenvalue weighted by molar-refractivity contribution is 7.99. The fraction of sp³-hybridized carbons (Fsp3) is 0.333. The van der Waals surface area contributed by atoms with Gasteiger partial charge in [0.2, 0.25) is 0 Å². The molecule has 2 aromatic rings. The van der Waals surface area contributed by atoms with Crippen LogP contribution in [0.5, 0.6) is 0 Å². The fourth-order valence-electron chi connectivity index (χ4n) is 1.76. The molecule has 0 aliphatic rings. The van der Waals surface area contributed by atoms with Crippen LogP contribution in [0.1, 0.15) is 11.3 Å². The number of aryl methyl sites for hydroxylation is 1. The molecule has 1 aromatic carbocycles. The molecule has 112 valence electrons. The van der Waals surface area contributed by atoms with Gasteiger partial charge in [0, 0.05) is 42.0 Å².